The normalized spacial score (nSPS) is 12.1. The molecule has 54 heavy (non-hydrogen) atoms. The van der Waals surface area contributed by atoms with Crippen LogP contribution in [-0.4, -0.2) is 4.57 Å². The summed E-state index contributed by atoms with van der Waals surface area (Å²) in [6, 6.07) is 68.6. The average molecular weight is 686 g/mol. The lowest BCUT2D eigenvalue weighted by molar-refractivity contribution is 0.669. The second kappa shape index (κ2) is 11.2. The zero-order valence-corrected chi connectivity index (χ0v) is 29.3. The van der Waals surface area contributed by atoms with Crippen LogP contribution in [0.2, 0.25) is 0 Å². The van der Waals surface area contributed by atoms with Gasteiger partial charge in [0.2, 0.25) is 0 Å². The quantitative estimate of drug-likeness (QED) is 0.180. The Morgan fingerprint density at radius 2 is 0.889 bits per heavy atom. The molecule has 0 radical (unpaired) electrons. The van der Waals surface area contributed by atoms with Crippen LogP contribution in [0.1, 0.15) is 0 Å². The number of hydrogen-bond acceptors (Lipinski definition) is 1. The van der Waals surface area contributed by atoms with Gasteiger partial charge in [-0.05, 0) is 121 Å². The van der Waals surface area contributed by atoms with E-state index in [-0.39, 0.29) is 0 Å². The third-order valence-electron chi connectivity index (χ3n) is 11.5. The van der Waals surface area contributed by atoms with Crippen LogP contribution < -0.4 is 0 Å². The van der Waals surface area contributed by atoms with Crippen LogP contribution in [0, 0.1) is 0 Å². The van der Waals surface area contributed by atoms with Gasteiger partial charge in [-0.3, -0.25) is 0 Å². The van der Waals surface area contributed by atoms with Gasteiger partial charge in [0.05, 0.1) is 11.0 Å². The summed E-state index contributed by atoms with van der Waals surface area (Å²) in [6.45, 7) is 0. The number of benzene rings is 9. The number of hydrogen-bond donors (Lipinski definition) is 0. The predicted octanol–water partition coefficient (Wildman–Crippen LogP) is 14.5. The first-order chi connectivity index (χ1) is 26.8. The maximum absolute atomic E-state index is 6.21. The highest BCUT2D eigenvalue weighted by atomic mass is 16.3. The Morgan fingerprint density at radius 1 is 0.296 bits per heavy atom. The zero-order valence-electron chi connectivity index (χ0n) is 29.3. The molecule has 0 bridgehead atoms. The van der Waals surface area contributed by atoms with Gasteiger partial charge in [-0.15, -0.1) is 0 Å². The molecule has 0 saturated heterocycles. The van der Waals surface area contributed by atoms with Gasteiger partial charge < -0.3 is 8.98 Å². The summed E-state index contributed by atoms with van der Waals surface area (Å²) in [6.07, 6.45) is 0. The number of rotatable bonds is 4. The summed E-state index contributed by atoms with van der Waals surface area (Å²) in [5.41, 5.74) is 17.7. The minimum absolute atomic E-state index is 0.911. The molecule has 0 fully saturated rings. The fourth-order valence-corrected chi connectivity index (χ4v) is 9.08. The largest absolute Gasteiger partial charge is 0.456 e. The Hall–Kier alpha value is -7.16. The first-order valence-electron chi connectivity index (χ1n) is 18.6. The Bertz CT molecular complexity index is 3250. The van der Waals surface area contributed by atoms with E-state index in [1.807, 2.05) is 12.1 Å². The maximum Gasteiger partial charge on any atom is 0.135 e. The Morgan fingerprint density at radius 3 is 1.65 bits per heavy atom. The van der Waals surface area contributed by atoms with Crippen molar-refractivity contribution in [3.05, 3.63) is 188 Å². The molecule has 2 nitrogen and oxygen atoms in total. The molecular formula is C52H31NO. The minimum atomic E-state index is 0.911. The molecule has 0 aliphatic heterocycles. The van der Waals surface area contributed by atoms with Crippen molar-refractivity contribution in [2.75, 3.05) is 0 Å². The van der Waals surface area contributed by atoms with Crippen LogP contribution in [0.4, 0.5) is 0 Å². The standard InChI is InChI=1S/C52H31NO/c1-3-12-32(13-4-1)36-26-37(33-14-5-2-6-15-33)28-38(27-36)53-47-24-22-34(35-23-25-50-44(29-35)41-18-9-10-21-49(41)54-50)30-46(47)52-43-20-11-19-42-39-16-7-8-17-40(39)45(51(42)43)31-48(52)53/h1-31H. The van der Waals surface area contributed by atoms with Gasteiger partial charge in [0.25, 0.3) is 0 Å². The average Bonchev–Trinajstić information content (AvgIpc) is 3.89. The molecule has 12 rings (SSSR count). The highest BCUT2D eigenvalue weighted by Gasteiger charge is 2.26. The minimum Gasteiger partial charge on any atom is -0.456 e. The van der Waals surface area contributed by atoms with Crippen LogP contribution in [0.15, 0.2) is 192 Å². The van der Waals surface area contributed by atoms with Gasteiger partial charge in [-0.1, -0.05) is 133 Å². The van der Waals surface area contributed by atoms with Crippen LogP contribution in [-0.2, 0) is 0 Å². The molecule has 0 spiro atoms. The van der Waals surface area contributed by atoms with Crippen LogP contribution >= 0.6 is 0 Å². The lowest BCUT2D eigenvalue weighted by Gasteiger charge is -2.15. The van der Waals surface area contributed by atoms with Gasteiger partial charge >= 0.3 is 0 Å². The zero-order chi connectivity index (χ0) is 35.3. The topological polar surface area (TPSA) is 18.1 Å². The van der Waals surface area contributed by atoms with Crippen molar-refractivity contribution in [1.82, 2.24) is 4.57 Å². The smallest absolute Gasteiger partial charge is 0.135 e. The summed E-state index contributed by atoms with van der Waals surface area (Å²) >= 11 is 0. The third kappa shape index (κ3) is 4.22. The van der Waals surface area contributed by atoms with Gasteiger partial charge in [0, 0.05) is 27.2 Å². The molecule has 2 heterocycles. The van der Waals surface area contributed by atoms with E-state index in [9.17, 15) is 0 Å². The molecule has 0 atom stereocenters. The third-order valence-corrected chi connectivity index (χ3v) is 11.5. The summed E-state index contributed by atoms with van der Waals surface area (Å²) in [4.78, 5) is 0. The fourth-order valence-electron chi connectivity index (χ4n) is 9.08. The van der Waals surface area contributed by atoms with E-state index in [4.69, 9.17) is 4.42 Å². The van der Waals surface area contributed by atoms with Gasteiger partial charge in [-0.25, -0.2) is 0 Å². The Balaban J connectivity index is 1.19. The highest BCUT2D eigenvalue weighted by Crippen LogP contribution is 2.51. The highest BCUT2D eigenvalue weighted by molar-refractivity contribution is 6.29. The Labute approximate surface area is 311 Å². The number of aromatic nitrogens is 1. The number of nitrogens with zero attached hydrogens (tertiary/aromatic N) is 1. The summed E-state index contributed by atoms with van der Waals surface area (Å²) in [5, 5.41) is 7.43. The second-order valence-corrected chi connectivity index (χ2v) is 14.5. The number of furan rings is 1. The fraction of sp³-hybridized carbons (Fsp3) is 0. The van der Waals surface area contributed by atoms with Gasteiger partial charge in [0.1, 0.15) is 11.2 Å². The first kappa shape index (κ1) is 29.4. The van der Waals surface area contributed by atoms with E-state index in [0.29, 0.717) is 0 Å². The molecule has 2 heteroatoms. The van der Waals surface area contributed by atoms with E-state index in [2.05, 4.69) is 180 Å². The molecule has 1 aliphatic rings. The molecule has 9 aromatic carbocycles. The van der Waals surface area contributed by atoms with Crippen molar-refractivity contribution in [3.63, 3.8) is 0 Å². The van der Waals surface area contributed by atoms with Crippen molar-refractivity contribution in [2.24, 2.45) is 0 Å². The van der Waals surface area contributed by atoms with Crippen molar-refractivity contribution >= 4 is 54.5 Å². The van der Waals surface area contributed by atoms with Crippen molar-refractivity contribution in [1.29, 1.82) is 0 Å². The van der Waals surface area contributed by atoms with E-state index in [0.717, 1.165) is 27.6 Å². The molecule has 250 valence electrons. The number of fused-ring (bicyclic) bond motifs is 10. The first-order valence-corrected chi connectivity index (χ1v) is 18.6. The number of para-hydroxylation sites is 1. The molecule has 0 unspecified atom stereocenters. The van der Waals surface area contributed by atoms with Crippen LogP contribution in [0.25, 0.3) is 116 Å². The maximum atomic E-state index is 6.21. The van der Waals surface area contributed by atoms with E-state index in [1.54, 1.807) is 0 Å². The van der Waals surface area contributed by atoms with Gasteiger partial charge in [-0.2, -0.15) is 0 Å². The molecule has 11 aromatic rings. The SMILES string of the molecule is c1ccc(-c2cc(-c3ccccc3)cc(-n3c4ccc(-c5ccc6oc7ccccc7c6c5)cc4c4c5cccc6c5c(cc43)-c3ccccc3-6)c2)cc1. The van der Waals surface area contributed by atoms with Crippen LogP contribution in [0.3, 0.4) is 0 Å². The summed E-state index contributed by atoms with van der Waals surface area (Å²) in [5.74, 6) is 0. The second-order valence-electron chi connectivity index (χ2n) is 14.5. The monoisotopic (exact) mass is 685 g/mol. The van der Waals surface area contributed by atoms with Crippen LogP contribution in [0.5, 0.6) is 0 Å². The van der Waals surface area contributed by atoms with E-state index in [1.165, 1.54) is 88.2 Å². The predicted molar refractivity (Wildman–Crippen MR) is 226 cm³/mol. The summed E-state index contributed by atoms with van der Waals surface area (Å²) < 4.78 is 8.71. The summed E-state index contributed by atoms with van der Waals surface area (Å²) in [7, 11) is 0. The molecule has 0 N–H and O–H groups in total. The molecule has 0 saturated carbocycles. The van der Waals surface area contributed by atoms with Crippen molar-refractivity contribution < 1.29 is 4.42 Å². The molecular weight excluding hydrogens is 655 g/mol. The van der Waals surface area contributed by atoms with E-state index >= 15 is 0 Å². The van der Waals surface area contributed by atoms with Crippen molar-refractivity contribution in [3.8, 4) is 61.3 Å². The lowest BCUT2D eigenvalue weighted by Crippen LogP contribution is -1.96. The Kier molecular flexibility index (Phi) is 6.09. The molecule has 1 aliphatic carbocycles. The van der Waals surface area contributed by atoms with E-state index < -0.39 is 0 Å². The van der Waals surface area contributed by atoms with Gasteiger partial charge in [0.15, 0.2) is 0 Å². The lowest BCUT2D eigenvalue weighted by atomic mass is 9.96. The van der Waals surface area contributed by atoms with Crippen molar-refractivity contribution in [2.45, 2.75) is 0 Å². The molecule has 0 amide bonds. The molecule has 2 aromatic heterocycles.